The minimum atomic E-state index is -0.337. The van der Waals surface area contributed by atoms with Crippen molar-refractivity contribution >= 4 is 11.8 Å². The molecule has 0 saturated carbocycles. The van der Waals surface area contributed by atoms with Crippen molar-refractivity contribution < 1.29 is 9.32 Å². The van der Waals surface area contributed by atoms with Crippen molar-refractivity contribution in [2.24, 2.45) is 0 Å². The predicted octanol–water partition coefficient (Wildman–Crippen LogP) is 2.66. The molecule has 0 aliphatic heterocycles. The molecular formula is C15H19N3O2. The van der Waals surface area contributed by atoms with Gasteiger partial charge in [0.05, 0.1) is 11.7 Å². The molecule has 5 nitrogen and oxygen atoms in total. The minimum absolute atomic E-state index is 0.0911. The van der Waals surface area contributed by atoms with Gasteiger partial charge in [0.25, 0.3) is 0 Å². The zero-order chi connectivity index (χ0) is 14.5. The van der Waals surface area contributed by atoms with Gasteiger partial charge < -0.3 is 4.52 Å². The van der Waals surface area contributed by atoms with Gasteiger partial charge in [-0.1, -0.05) is 35.5 Å². The molecule has 0 aliphatic rings. The smallest absolute Gasteiger partial charge is 0.243 e. The van der Waals surface area contributed by atoms with Crippen molar-refractivity contribution in [3.8, 4) is 0 Å². The van der Waals surface area contributed by atoms with E-state index in [2.05, 4.69) is 15.8 Å². The monoisotopic (exact) mass is 273 g/mol. The number of hydrogen-bond acceptors (Lipinski definition) is 4. The number of aryl methyl sites for hydroxylation is 1. The second-order valence-corrected chi connectivity index (χ2v) is 4.84. The molecule has 0 aliphatic carbocycles. The van der Waals surface area contributed by atoms with Crippen LogP contribution in [0.1, 0.15) is 31.1 Å². The molecule has 0 fully saturated rings. The number of nitrogens with zero attached hydrogens (tertiary/aromatic N) is 1. The first-order valence-corrected chi connectivity index (χ1v) is 6.61. The lowest BCUT2D eigenvalue weighted by Crippen LogP contribution is -2.39. The Hall–Kier alpha value is -2.14. The fraction of sp³-hybridized carbons (Fsp3) is 0.333. The van der Waals surface area contributed by atoms with E-state index in [0.717, 1.165) is 11.3 Å². The van der Waals surface area contributed by atoms with Crippen LogP contribution < -0.4 is 10.6 Å². The Morgan fingerprint density at radius 1 is 1.25 bits per heavy atom. The van der Waals surface area contributed by atoms with Crippen molar-refractivity contribution in [2.75, 3.05) is 5.32 Å². The third-order valence-corrected chi connectivity index (χ3v) is 3.07. The summed E-state index contributed by atoms with van der Waals surface area (Å²) in [6.07, 6.45) is 0. The van der Waals surface area contributed by atoms with Crippen molar-refractivity contribution in [3.63, 3.8) is 0 Å². The van der Waals surface area contributed by atoms with Crippen LogP contribution >= 0.6 is 0 Å². The predicted molar refractivity (Wildman–Crippen MR) is 77.3 cm³/mol. The van der Waals surface area contributed by atoms with Gasteiger partial charge in [0.15, 0.2) is 0 Å². The third kappa shape index (κ3) is 3.68. The largest absolute Gasteiger partial charge is 0.338 e. The van der Waals surface area contributed by atoms with Gasteiger partial charge in [0, 0.05) is 12.1 Å². The first kappa shape index (κ1) is 14.3. The summed E-state index contributed by atoms with van der Waals surface area (Å²) in [5.41, 5.74) is 1.88. The van der Waals surface area contributed by atoms with Crippen LogP contribution in [0.5, 0.6) is 0 Å². The first-order chi connectivity index (χ1) is 9.56. The first-order valence-electron chi connectivity index (χ1n) is 6.61. The quantitative estimate of drug-likeness (QED) is 0.879. The van der Waals surface area contributed by atoms with E-state index >= 15 is 0 Å². The van der Waals surface area contributed by atoms with E-state index in [0.29, 0.717) is 5.88 Å². The Bertz CT molecular complexity index is 566. The van der Waals surface area contributed by atoms with Gasteiger partial charge in [-0.25, -0.2) is 0 Å². The summed E-state index contributed by atoms with van der Waals surface area (Å²) in [5.74, 6) is 0.220. The Morgan fingerprint density at radius 2 is 1.95 bits per heavy atom. The molecule has 1 amide bonds. The summed E-state index contributed by atoms with van der Waals surface area (Å²) in [6, 6.07) is 11.4. The van der Waals surface area contributed by atoms with Crippen molar-refractivity contribution in [2.45, 2.75) is 32.9 Å². The maximum Gasteiger partial charge on any atom is 0.243 e. The molecule has 0 bridgehead atoms. The van der Waals surface area contributed by atoms with Crippen LogP contribution in [-0.4, -0.2) is 17.1 Å². The maximum atomic E-state index is 12.0. The lowest BCUT2D eigenvalue weighted by molar-refractivity contribution is -0.118. The lowest BCUT2D eigenvalue weighted by Gasteiger charge is -2.19. The zero-order valence-electron chi connectivity index (χ0n) is 11.9. The Morgan fingerprint density at radius 3 is 2.55 bits per heavy atom. The topological polar surface area (TPSA) is 67.2 Å². The normalized spacial score (nSPS) is 13.8. The van der Waals surface area contributed by atoms with Crippen molar-refractivity contribution in [3.05, 3.63) is 47.7 Å². The highest BCUT2D eigenvalue weighted by molar-refractivity contribution is 5.93. The second-order valence-electron chi connectivity index (χ2n) is 4.84. The van der Waals surface area contributed by atoms with Gasteiger partial charge in [-0.3, -0.25) is 15.4 Å². The van der Waals surface area contributed by atoms with E-state index in [9.17, 15) is 4.79 Å². The molecule has 1 aromatic heterocycles. The number of amides is 1. The number of carbonyl (C=O) groups excluding carboxylic acids is 1. The zero-order valence-corrected chi connectivity index (χ0v) is 11.9. The maximum absolute atomic E-state index is 12.0. The van der Waals surface area contributed by atoms with Crippen molar-refractivity contribution in [1.82, 2.24) is 10.5 Å². The summed E-state index contributed by atoms with van der Waals surface area (Å²) in [7, 11) is 0. The number of aromatic nitrogens is 1. The molecule has 1 aromatic carbocycles. The molecule has 5 heteroatoms. The highest BCUT2D eigenvalue weighted by atomic mass is 16.5. The molecule has 2 rings (SSSR count). The molecule has 0 radical (unpaired) electrons. The molecule has 106 valence electrons. The average molecular weight is 273 g/mol. The summed E-state index contributed by atoms with van der Waals surface area (Å²) < 4.78 is 4.96. The van der Waals surface area contributed by atoms with Crippen molar-refractivity contribution in [1.29, 1.82) is 0 Å². The SMILES string of the molecule is Cc1cc(NC(=O)C(C)NC(C)c2ccccc2)on1. The molecule has 0 spiro atoms. The molecule has 20 heavy (non-hydrogen) atoms. The highest BCUT2D eigenvalue weighted by Crippen LogP contribution is 2.13. The van der Waals surface area contributed by atoms with Crippen LogP contribution in [0.25, 0.3) is 0 Å². The van der Waals surface area contributed by atoms with Gasteiger partial charge in [-0.15, -0.1) is 0 Å². The fourth-order valence-electron chi connectivity index (χ4n) is 1.94. The van der Waals surface area contributed by atoms with E-state index in [1.165, 1.54) is 0 Å². The van der Waals surface area contributed by atoms with Gasteiger partial charge in [-0.2, -0.15) is 0 Å². The van der Waals surface area contributed by atoms with Crippen LogP contribution in [0.4, 0.5) is 5.88 Å². The number of rotatable bonds is 5. The number of carbonyl (C=O) groups is 1. The van der Waals surface area contributed by atoms with E-state index in [-0.39, 0.29) is 18.0 Å². The van der Waals surface area contributed by atoms with E-state index in [1.54, 1.807) is 13.0 Å². The fourth-order valence-corrected chi connectivity index (χ4v) is 1.94. The molecule has 2 unspecified atom stereocenters. The minimum Gasteiger partial charge on any atom is -0.338 e. The van der Waals surface area contributed by atoms with E-state index in [1.807, 2.05) is 44.2 Å². The van der Waals surface area contributed by atoms with Crippen LogP contribution in [0.3, 0.4) is 0 Å². The molecule has 1 heterocycles. The molecule has 2 atom stereocenters. The van der Waals surface area contributed by atoms with Crippen LogP contribution in [-0.2, 0) is 4.79 Å². The summed E-state index contributed by atoms with van der Waals surface area (Å²) in [6.45, 7) is 5.65. The Kier molecular flexibility index (Phi) is 4.53. The number of hydrogen-bond donors (Lipinski definition) is 2. The Balaban J connectivity index is 1.91. The number of anilines is 1. The number of nitrogens with one attached hydrogen (secondary N) is 2. The van der Waals surface area contributed by atoms with E-state index < -0.39 is 0 Å². The van der Waals surface area contributed by atoms with Gasteiger partial charge in [0.1, 0.15) is 0 Å². The van der Waals surface area contributed by atoms with Crippen LogP contribution in [0.15, 0.2) is 40.9 Å². The van der Waals surface area contributed by atoms with Crippen LogP contribution in [0.2, 0.25) is 0 Å². The average Bonchev–Trinajstić information content (AvgIpc) is 2.85. The van der Waals surface area contributed by atoms with Gasteiger partial charge in [0.2, 0.25) is 11.8 Å². The number of benzene rings is 1. The standard InChI is InChI=1S/C15H19N3O2/c1-10-9-14(20-18-10)17-15(19)12(3)16-11(2)13-7-5-4-6-8-13/h4-9,11-12,16H,1-3H3,(H,17,19). The lowest BCUT2D eigenvalue weighted by atomic mass is 10.1. The van der Waals surface area contributed by atoms with Gasteiger partial charge in [-0.05, 0) is 26.3 Å². The third-order valence-electron chi connectivity index (χ3n) is 3.07. The van der Waals surface area contributed by atoms with E-state index in [4.69, 9.17) is 4.52 Å². The summed E-state index contributed by atoms with van der Waals surface area (Å²) >= 11 is 0. The molecule has 0 saturated heterocycles. The summed E-state index contributed by atoms with van der Waals surface area (Å²) in [5, 5.41) is 9.66. The second kappa shape index (κ2) is 6.34. The molecule has 2 N–H and O–H groups in total. The van der Waals surface area contributed by atoms with Crippen LogP contribution in [0, 0.1) is 6.92 Å². The van der Waals surface area contributed by atoms with Gasteiger partial charge >= 0.3 is 0 Å². The molecule has 2 aromatic rings. The highest BCUT2D eigenvalue weighted by Gasteiger charge is 2.17. The molecular weight excluding hydrogens is 254 g/mol. The summed E-state index contributed by atoms with van der Waals surface area (Å²) in [4.78, 5) is 12.0. The Labute approximate surface area is 118 Å².